The van der Waals surface area contributed by atoms with Crippen molar-refractivity contribution >= 4 is 5.91 Å². The zero-order valence-corrected chi connectivity index (χ0v) is 15.3. The predicted molar refractivity (Wildman–Crippen MR) is 102 cm³/mol. The summed E-state index contributed by atoms with van der Waals surface area (Å²) in [6.07, 6.45) is 7.77. The minimum atomic E-state index is -0.0589. The standard InChI is InChI=1S/C21H24N4O2/c26-21(18-8-6-17(7-9-18)16-25-13-4-10-23-25)22-15-19(20-5-3-14-27-20)24-11-1-2-12-24/h3-10,13-14,19H,1-2,11-12,15-16H2,(H,22,26). The molecule has 1 aliphatic heterocycles. The van der Waals surface area contributed by atoms with Gasteiger partial charge in [-0.2, -0.15) is 5.10 Å². The lowest BCUT2D eigenvalue weighted by molar-refractivity contribution is 0.0934. The van der Waals surface area contributed by atoms with E-state index in [0.717, 1.165) is 24.4 Å². The number of carbonyl (C=O) groups excluding carboxylic acids is 1. The summed E-state index contributed by atoms with van der Waals surface area (Å²) in [5.74, 6) is 0.850. The molecule has 6 nitrogen and oxygen atoms in total. The first-order valence-electron chi connectivity index (χ1n) is 9.41. The fourth-order valence-electron chi connectivity index (χ4n) is 3.58. The van der Waals surface area contributed by atoms with Crippen LogP contribution >= 0.6 is 0 Å². The summed E-state index contributed by atoms with van der Waals surface area (Å²) in [4.78, 5) is 15.0. The number of hydrogen-bond acceptors (Lipinski definition) is 4. The van der Waals surface area contributed by atoms with Gasteiger partial charge in [-0.15, -0.1) is 0 Å². The fraction of sp³-hybridized carbons (Fsp3) is 0.333. The van der Waals surface area contributed by atoms with E-state index in [9.17, 15) is 4.79 Å². The molecule has 1 fully saturated rings. The molecule has 3 aromatic rings. The topological polar surface area (TPSA) is 63.3 Å². The maximum atomic E-state index is 12.6. The molecule has 1 aliphatic rings. The molecule has 1 atom stereocenters. The Labute approximate surface area is 158 Å². The van der Waals surface area contributed by atoms with Crippen molar-refractivity contribution in [1.82, 2.24) is 20.0 Å². The van der Waals surface area contributed by atoms with Crippen molar-refractivity contribution in [3.8, 4) is 0 Å². The van der Waals surface area contributed by atoms with Gasteiger partial charge in [-0.1, -0.05) is 12.1 Å². The van der Waals surface area contributed by atoms with Gasteiger partial charge in [-0.25, -0.2) is 0 Å². The maximum absolute atomic E-state index is 12.6. The quantitative estimate of drug-likeness (QED) is 0.700. The minimum Gasteiger partial charge on any atom is -0.468 e. The van der Waals surface area contributed by atoms with Crippen LogP contribution in [0.5, 0.6) is 0 Å². The van der Waals surface area contributed by atoms with Gasteiger partial charge in [0.2, 0.25) is 0 Å². The second-order valence-corrected chi connectivity index (χ2v) is 6.88. The van der Waals surface area contributed by atoms with Crippen molar-refractivity contribution in [2.45, 2.75) is 25.4 Å². The number of hydrogen-bond donors (Lipinski definition) is 1. The number of aromatic nitrogens is 2. The highest BCUT2D eigenvalue weighted by Gasteiger charge is 2.26. The molecule has 6 heteroatoms. The fourth-order valence-corrected chi connectivity index (χ4v) is 3.58. The zero-order chi connectivity index (χ0) is 18.5. The number of benzene rings is 1. The average molecular weight is 364 g/mol. The van der Waals surface area contributed by atoms with Gasteiger partial charge in [0.05, 0.1) is 18.8 Å². The second-order valence-electron chi connectivity index (χ2n) is 6.88. The predicted octanol–water partition coefficient (Wildman–Crippen LogP) is 3.09. The Bertz CT molecular complexity index is 835. The SMILES string of the molecule is O=C(NCC(c1ccco1)N1CCCC1)c1ccc(Cn2cccn2)cc1. The van der Waals surface area contributed by atoms with Crippen LogP contribution in [0.2, 0.25) is 0 Å². The number of nitrogens with one attached hydrogen (secondary N) is 1. The Kier molecular flexibility index (Phi) is 5.34. The number of rotatable bonds is 7. The summed E-state index contributed by atoms with van der Waals surface area (Å²) < 4.78 is 7.47. The van der Waals surface area contributed by atoms with Crippen molar-refractivity contribution in [2.24, 2.45) is 0 Å². The summed E-state index contributed by atoms with van der Waals surface area (Å²) >= 11 is 0. The molecule has 140 valence electrons. The first kappa shape index (κ1) is 17.5. The van der Waals surface area contributed by atoms with Gasteiger partial charge in [0.25, 0.3) is 5.91 Å². The molecule has 0 aliphatic carbocycles. The molecule has 1 aromatic carbocycles. The molecule has 27 heavy (non-hydrogen) atoms. The summed E-state index contributed by atoms with van der Waals surface area (Å²) in [6.45, 7) is 3.33. The zero-order valence-electron chi connectivity index (χ0n) is 15.3. The third-order valence-corrected chi connectivity index (χ3v) is 5.03. The highest BCUT2D eigenvalue weighted by atomic mass is 16.3. The van der Waals surface area contributed by atoms with Crippen LogP contribution in [-0.2, 0) is 6.54 Å². The lowest BCUT2D eigenvalue weighted by Crippen LogP contribution is -2.36. The van der Waals surface area contributed by atoms with E-state index in [-0.39, 0.29) is 11.9 Å². The van der Waals surface area contributed by atoms with Crippen LogP contribution in [0.1, 0.15) is 40.6 Å². The third-order valence-electron chi connectivity index (χ3n) is 5.03. The van der Waals surface area contributed by atoms with Crippen molar-refractivity contribution in [3.63, 3.8) is 0 Å². The van der Waals surface area contributed by atoms with Crippen molar-refractivity contribution < 1.29 is 9.21 Å². The molecule has 0 bridgehead atoms. The van der Waals surface area contributed by atoms with Crippen molar-refractivity contribution in [2.75, 3.05) is 19.6 Å². The monoisotopic (exact) mass is 364 g/mol. The van der Waals surface area contributed by atoms with E-state index >= 15 is 0 Å². The van der Waals surface area contributed by atoms with E-state index in [1.807, 2.05) is 53.3 Å². The summed E-state index contributed by atoms with van der Waals surface area (Å²) in [5, 5.41) is 7.27. The number of carbonyl (C=O) groups is 1. The highest BCUT2D eigenvalue weighted by molar-refractivity contribution is 5.94. The molecule has 0 spiro atoms. The Balaban J connectivity index is 1.37. The lowest BCUT2D eigenvalue weighted by Gasteiger charge is -2.26. The largest absolute Gasteiger partial charge is 0.468 e. The van der Waals surface area contributed by atoms with Gasteiger partial charge in [0.1, 0.15) is 5.76 Å². The van der Waals surface area contributed by atoms with E-state index in [1.165, 1.54) is 12.8 Å². The Morgan fingerprint density at radius 2 is 1.96 bits per heavy atom. The van der Waals surface area contributed by atoms with E-state index in [1.54, 1.807) is 12.5 Å². The molecule has 3 heterocycles. The molecule has 4 rings (SSSR count). The van der Waals surface area contributed by atoms with Gasteiger partial charge in [-0.3, -0.25) is 14.4 Å². The van der Waals surface area contributed by atoms with E-state index in [0.29, 0.717) is 18.7 Å². The van der Waals surface area contributed by atoms with Gasteiger partial charge in [0.15, 0.2) is 0 Å². The van der Waals surface area contributed by atoms with Crippen LogP contribution < -0.4 is 5.32 Å². The Hall–Kier alpha value is -2.86. The molecular weight excluding hydrogens is 340 g/mol. The number of likely N-dealkylation sites (tertiary alicyclic amines) is 1. The van der Waals surface area contributed by atoms with Crippen molar-refractivity contribution in [1.29, 1.82) is 0 Å². The summed E-state index contributed by atoms with van der Waals surface area (Å²) in [7, 11) is 0. The molecule has 1 saturated heterocycles. The molecule has 1 N–H and O–H groups in total. The summed E-state index contributed by atoms with van der Waals surface area (Å²) in [6, 6.07) is 13.6. The molecule has 2 aromatic heterocycles. The number of nitrogens with zero attached hydrogens (tertiary/aromatic N) is 3. The molecule has 0 radical (unpaired) electrons. The van der Waals surface area contributed by atoms with Crippen molar-refractivity contribution in [3.05, 3.63) is 78.0 Å². The van der Waals surface area contributed by atoms with Gasteiger partial charge < -0.3 is 9.73 Å². The van der Waals surface area contributed by atoms with Gasteiger partial charge in [-0.05, 0) is 61.8 Å². The molecular formula is C21H24N4O2. The van der Waals surface area contributed by atoms with Gasteiger partial charge >= 0.3 is 0 Å². The highest BCUT2D eigenvalue weighted by Crippen LogP contribution is 2.25. The summed E-state index contributed by atoms with van der Waals surface area (Å²) in [5.41, 5.74) is 1.78. The van der Waals surface area contributed by atoms with E-state index < -0.39 is 0 Å². The third kappa shape index (κ3) is 4.28. The van der Waals surface area contributed by atoms with Crippen LogP contribution in [0.3, 0.4) is 0 Å². The average Bonchev–Trinajstić information content (AvgIpc) is 3.46. The van der Waals surface area contributed by atoms with E-state index in [4.69, 9.17) is 4.42 Å². The van der Waals surface area contributed by atoms with Crippen LogP contribution in [0.25, 0.3) is 0 Å². The second kappa shape index (κ2) is 8.22. The van der Waals surface area contributed by atoms with Crippen LogP contribution in [0, 0.1) is 0 Å². The Morgan fingerprint density at radius 1 is 1.15 bits per heavy atom. The normalized spacial score (nSPS) is 15.7. The van der Waals surface area contributed by atoms with Gasteiger partial charge in [0, 0.05) is 24.5 Å². The minimum absolute atomic E-state index is 0.0589. The Morgan fingerprint density at radius 3 is 2.63 bits per heavy atom. The first-order chi connectivity index (χ1) is 13.3. The smallest absolute Gasteiger partial charge is 0.251 e. The number of amides is 1. The molecule has 1 unspecified atom stereocenters. The lowest BCUT2D eigenvalue weighted by atomic mass is 10.1. The van der Waals surface area contributed by atoms with Crippen LogP contribution in [0.4, 0.5) is 0 Å². The molecule has 1 amide bonds. The van der Waals surface area contributed by atoms with E-state index in [2.05, 4.69) is 15.3 Å². The first-order valence-corrected chi connectivity index (χ1v) is 9.41. The van der Waals surface area contributed by atoms with Crippen LogP contribution in [-0.4, -0.2) is 40.2 Å². The molecule has 0 saturated carbocycles. The number of furan rings is 1. The maximum Gasteiger partial charge on any atom is 0.251 e. The van der Waals surface area contributed by atoms with Crippen LogP contribution in [0.15, 0.2) is 65.5 Å².